The van der Waals surface area contributed by atoms with Crippen molar-refractivity contribution >= 4 is 58.6 Å². The number of para-hydroxylation sites is 2. The quantitative estimate of drug-likeness (QED) is 0.0236. The average molecular weight is 1350 g/mol. The van der Waals surface area contributed by atoms with Crippen LogP contribution in [0.3, 0.4) is 0 Å². The summed E-state index contributed by atoms with van der Waals surface area (Å²) in [6.45, 7) is 7.28. The van der Waals surface area contributed by atoms with E-state index in [2.05, 4.69) is 48.5 Å². The average Bonchev–Trinajstić information content (AvgIpc) is 1.65. The van der Waals surface area contributed by atoms with Gasteiger partial charge in [0.2, 0.25) is 0 Å². The SMILES string of the molecule is CC(=O)CCCCCOc1ccc2c(c1)CCc1c3c(c4c(c1-2)-c1ccc(OCCCCCC(C)=O)cc1CC4)C(=O)N(c1ccccc1)C3=O.CC(=O)CCCCCOc1ccc2c(c1)CCc1c3c(c4c(c1-2)-c1ccc(OCCCCCC=O)cc1CC4)C(=O)N(c1ccccc1)C3=O. The van der Waals surface area contributed by atoms with Crippen molar-refractivity contribution in [2.75, 3.05) is 36.2 Å². The highest BCUT2D eigenvalue weighted by atomic mass is 16.5. The summed E-state index contributed by atoms with van der Waals surface area (Å²) < 4.78 is 24.6. The topological polar surface area (TPSA) is 180 Å². The lowest BCUT2D eigenvalue weighted by Gasteiger charge is -2.31. The number of aldehydes is 1. The van der Waals surface area contributed by atoms with Crippen LogP contribution in [0.15, 0.2) is 133 Å². The molecule has 0 saturated carbocycles. The number of hydrogen-bond donors (Lipinski definition) is 0. The molecule has 14 rings (SSSR count). The molecule has 6 aliphatic rings. The predicted molar refractivity (Wildman–Crippen MR) is 393 cm³/mol. The minimum atomic E-state index is -0.244. The molecule has 14 heteroatoms. The molecule has 0 unspecified atom stereocenters. The van der Waals surface area contributed by atoms with Gasteiger partial charge < -0.3 is 38.1 Å². The van der Waals surface area contributed by atoms with Gasteiger partial charge in [-0.1, -0.05) is 60.7 Å². The first-order valence-corrected chi connectivity index (χ1v) is 36.5. The van der Waals surface area contributed by atoms with E-state index in [1.807, 2.05) is 84.9 Å². The van der Waals surface area contributed by atoms with Crippen LogP contribution >= 0.6 is 0 Å². The lowest BCUT2D eigenvalue weighted by molar-refractivity contribution is -0.118. The molecule has 8 aromatic carbocycles. The number of benzene rings is 8. The summed E-state index contributed by atoms with van der Waals surface area (Å²) in [5.41, 5.74) is 20.4. The van der Waals surface area contributed by atoms with Crippen molar-refractivity contribution in [3.8, 4) is 67.5 Å². The van der Waals surface area contributed by atoms with Crippen LogP contribution in [0.4, 0.5) is 11.4 Å². The van der Waals surface area contributed by atoms with Gasteiger partial charge in [-0.25, -0.2) is 9.80 Å². The second-order valence-electron chi connectivity index (χ2n) is 27.7. The van der Waals surface area contributed by atoms with Crippen LogP contribution in [0.5, 0.6) is 23.0 Å². The monoisotopic (exact) mass is 1350 g/mol. The second kappa shape index (κ2) is 31.6. The second-order valence-corrected chi connectivity index (χ2v) is 27.7. The van der Waals surface area contributed by atoms with E-state index < -0.39 is 0 Å². The van der Waals surface area contributed by atoms with E-state index in [9.17, 15) is 38.4 Å². The zero-order valence-electron chi connectivity index (χ0n) is 58.4. The van der Waals surface area contributed by atoms with Gasteiger partial charge in [-0.05, 0) is 311 Å². The summed E-state index contributed by atoms with van der Waals surface area (Å²) in [6.07, 6.45) is 19.9. The Balaban J connectivity index is 0.000000181. The largest absolute Gasteiger partial charge is 0.494 e. The molecule has 2 heterocycles. The molecule has 2 aliphatic heterocycles. The zero-order chi connectivity index (χ0) is 70.1. The molecule has 0 atom stereocenters. The van der Waals surface area contributed by atoms with E-state index in [0.717, 1.165) is 199 Å². The van der Waals surface area contributed by atoms with Gasteiger partial charge in [0.15, 0.2) is 0 Å². The van der Waals surface area contributed by atoms with E-state index >= 15 is 0 Å². The molecule has 0 radical (unpaired) electrons. The maximum absolute atomic E-state index is 14.3. The lowest BCUT2D eigenvalue weighted by Crippen LogP contribution is -2.29. The van der Waals surface area contributed by atoms with Crippen molar-refractivity contribution in [2.45, 2.75) is 175 Å². The Morgan fingerprint density at radius 1 is 0.327 bits per heavy atom. The van der Waals surface area contributed by atoms with Crippen molar-refractivity contribution in [1.29, 1.82) is 0 Å². The summed E-state index contributed by atoms with van der Waals surface area (Å²) in [5.74, 6) is 2.99. The summed E-state index contributed by atoms with van der Waals surface area (Å²) in [6, 6.07) is 43.6. The number of carbonyl (C=O) groups is 8. The minimum absolute atomic E-state index is 0.225. The number of rotatable bonds is 30. The van der Waals surface area contributed by atoms with Crippen LogP contribution in [0, 0.1) is 0 Å². The molecule has 101 heavy (non-hydrogen) atoms. The fraction of sp³-hybridized carbons (Fsp3) is 0.356. The number of imide groups is 2. The van der Waals surface area contributed by atoms with Crippen LogP contribution in [0.2, 0.25) is 0 Å². The van der Waals surface area contributed by atoms with Crippen LogP contribution in [0.25, 0.3) is 44.5 Å². The first-order valence-electron chi connectivity index (χ1n) is 36.5. The van der Waals surface area contributed by atoms with Gasteiger partial charge in [0.1, 0.15) is 46.6 Å². The number of aryl methyl sites for hydroxylation is 4. The Kier molecular flexibility index (Phi) is 21.7. The lowest BCUT2D eigenvalue weighted by atomic mass is 9.72. The predicted octanol–water partition coefficient (Wildman–Crippen LogP) is 17.8. The number of nitrogens with zero attached hydrogens (tertiary/aromatic N) is 2. The van der Waals surface area contributed by atoms with E-state index in [4.69, 9.17) is 18.9 Å². The van der Waals surface area contributed by atoms with E-state index in [-0.39, 0.29) is 41.0 Å². The maximum atomic E-state index is 14.3. The molecule has 8 aromatic rings. The first-order chi connectivity index (χ1) is 49.3. The molecular formula is C87H88N2O12. The van der Waals surface area contributed by atoms with Gasteiger partial charge in [0.25, 0.3) is 23.6 Å². The van der Waals surface area contributed by atoms with Crippen molar-refractivity contribution in [2.24, 2.45) is 0 Å². The van der Waals surface area contributed by atoms with Crippen molar-refractivity contribution in [1.82, 2.24) is 0 Å². The Hall–Kier alpha value is -10.1. The highest BCUT2D eigenvalue weighted by Gasteiger charge is 2.47. The Bertz CT molecular complexity index is 4420. The van der Waals surface area contributed by atoms with E-state index in [1.165, 1.54) is 32.1 Å². The highest BCUT2D eigenvalue weighted by Crippen LogP contribution is 2.54. The van der Waals surface area contributed by atoms with Gasteiger partial charge in [-0.3, -0.25) is 19.2 Å². The maximum Gasteiger partial charge on any atom is 0.266 e. The van der Waals surface area contributed by atoms with Gasteiger partial charge >= 0.3 is 0 Å². The molecule has 0 saturated heterocycles. The van der Waals surface area contributed by atoms with Crippen molar-refractivity contribution in [3.05, 3.63) is 200 Å². The number of Topliss-reactive ketones (excluding diaryl/α,β-unsaturated/α-hetero) is 3. The van der Waals surface area contributed by atoms with E-state index in [0.29, 0.717) is 111 Å². The number of ether oxygens (including phenoxy) is 4. The van der Waals surface area contributed by atoms with Crippen LogP contribution in [-0.2, 0) is 70.5 Å². The number of unbranched alkanes of at least 4 members (excludes halogenated alkanes) is 9. The molecular weight excluding hydrogens is 1260 g/mol. The molecule has 4 aliphatic carbocycles. The summed E-state index contributed by atoms with van der Waals surface area (Å²) in [4.78, 5) is 104. The summed E-state index contributed by atoms with van der Waals surface area (Å²) in [5, 5.41) is 0. The Morgan fingerprint density at radius 2 is 0.594 bits per heavy atom. The van der Waals surface area contributed by atoms with Gasteiger partial charge in [0, 0.05) is 25.7 Å². The van der Waals surface area contributed by atoms with Crippen molar-refractivity contribution in [3.63, 3.8) is 0 Å². The third kappa shape index (κ3) is 14.8. The fourth-order valence-electron chi connectivity index (χ4n) is 15.8. The first kappa shape index (κ1) is 69.4. The fourth-order valence-corrected chi connectivity index (χ4v) is 15.8. The molecule has 0 N–H and O–H groups in total. The smallest absolute Gasteiger partial charge is 0.266 e. The molecule has 518 valence electrons. The summed E-state index contributed by atoms with van der Waals surface area (Å²) in [7, 11) is 0. The number of ketones is 3. The Labute approximate surface area is 591 Å². The van der Waals surface area contributed by atoms with Gasteiger partial charge in [-0.2, -0.15) is 0 Å². The van der Waals surface area contributed by atoms with Crippen LogP contribution in [-0.4, -0.2) is 73.7 Å². The van der Waals surface area contributed by atoms with Crippen molar-refractivity contribution < 1.29 is 57.3 Å². The molecule has 4 amide bonds. The standard InChI is InChI=1S/C44H45NO6.C43H43NO6/c1-28(46)12-6-4-10-24-50-33-18-22-35-30(26-33)16-20-37-39(35)40-36-23-19-34(51-25-11-5-7-13-29(2)47)27-31(36)17-21-38(40)42-41(37)43(48)45(44(42)49)32-14-8-3-9-15-32;1-28(46)12-6-5-11-25-50-33-18-22-35-30(27-33)16-20-37-39(35)38-34-21-17-32(49-24-10-3-2-9-23-45)26-29(34)15-19-36(38)40-41(37)43(48)44(42(40)47)31-13-7-4-8-14-31/h3,8-9,14-15,18-19,22-23,26-27H,4-7,10-13,16-17,20-21,24-25H2,1-2H3;4,7-8,13-14,17-18,21-23,26-27H,2-3,5-6,9-12,15-16,19-20,24-25H2,1H3. The molecule has 0 fully saturated rings. The zero-order valence-corrected chi connectivity index (χ0v) is 58.4. The number of fused-ring (bicyclic) bond motifs is 20. The molecule has 0 aromatic heterocycles. The minimum Gasteiger partial charge on any atom is -0.494 e. The third-order valence-electron chi connectivity index (χ3n) is 20.6. The number of hydrogen-bond acceptors (Lipinski definition) is 12. The molecule has 0 bridgehead atoms. The normalized spacial score (nSPS) is 14.0. The van der Waals surface area contributed by atoms with Crippen LogP contribution < -0.4 is 28.7 Å². The highest BCUT2D eigenvalue weighted by molar-refractivity contribution is 6.37. The number of carbonyl (C=O) groups excluding carboxylic acids is 8. The van der Waals surface area contributed by atoms with E-state index in [1.54, 1.807) is 20.8 Å². The number of anilines is 2. The van der Waals surface area contributed by atoms with Gasteiger partial charge in [0.05, 0.1) is 60.1 Å². The summed E-state index contributed by atoms with van der Waals surface area (Å²) >= 11 is 0. The van der Waals surface area contributed by atoms with Crippen LogP contribution in [0.1, 0.15) is 209 Å². The van der Waals surface area contributed by atoms with Gasteiger partial charge in [-0.15, -0.1) is 0 Å². The third-order valence-corrected chi connectivity index (χ3v) is 20.6. The Morgan fingerprint density at radius 3 is 0.851 bits per heavy atom. The number of amides is 4. The molecule has 14 nitrogen and oxygen atoms in total. The molecule has 0 spiro atoms.